The van der Waals surface area contributed by atoms with E-state index in [1.54, 1.807) is 82.4 Å². The number of rotatable bonds is 48. The second kappa shape index (κ2) is 46.5. The molecule has 3 aromatic carbocycles. The zero-order chi connectivity index (χ0) is 87.9. The van der Waals surface area contributed by atoms with Crippen molar-refractivity contribution in [2.75, 3.05) is 44.3 Å². The lowest BCUT2D eigenvalue weighted by Crippen LogP contribution is -2.61. The highest BCUT2D eigenvalue weighted by Gasteiger charge is 2.41. The SMILES string of the molecule is CC(C)C[C@H](NC(=O)[C@H](CO)NC(=O)[C@H](Cc1c[nH]c2ccccc12)NC(=O)[C@H](CS)NC(=O)[C@H](CC(=O)O)NC(=O)[C@H](CCC(=O)O)NC(=O)CNC(=O)CNC(=O)[C@H](Cc1ccc(O)cc1)NC(=O)[C@H](CCC(=O)O)NC(=O)CNC(=O)[C@@H]1CCCN1C(=O)[C@H](Cc1c[nH]c2ccccc12)NC(=O)[C@H](CS)NC(=O)[C@@H](N)C(C)C)C(=O)O. The first kappa shape index (κ1) is 95.5. The number of aromatic amines is 2. The molecule has 1 aliphatic rings. The van der Waals surface area contributed by atoms with Crippen LogP contribution < -0.4 is 74.9 Å². The highest BCUT2D eigenvalue weighted by atomic mass is 32.1. The number of nitrogens with one attached hydrogen (secondary N) is 15. The number of nitrogens with zero attached hydrogens (tertiary/aromatic N) is 1. The van der Waals surface area contributed by atoms with Gasteiger partial charge in [0.2, 0.25) is 82.7 Å². The molecule has 3 heterocycles. The number of aromatic hydroxyl groups is 1. The first-order valence-electron chi connectivity index (χ1n) is 37.9. The van der Waals surface area contributed by atoms with Crippen LogP contribution in [0.2, 0.25) is 0 Å². The van der Waals surface area contributed by atoms with Crippen molar-refractivity contribution >= 4 is 154 Å². The molecule has 12 atom stereocenters. The number of likely N-dealkylation sites (tertiary alicyclic amines) is 1. The fourth-order valence-electron chi connectivity index (χ4n) is 12.5. The third-order valence-corrected chi connectivity index (χ3v) is 19.7. The summed E-state index contributed by atoms with van der Waals surface area (Å²) in [6.07, 6.45) is -1.28. The molecule has 0 spiro atoms. The minimum absolute atomic E-state index is 0.0180. The number of fused-ring (bicyclic) bond motifs is 2. The number of hydrogen-bond acceptors (Lipinski definition) is 23. The van der Waals surface area contributed by atoms with Crippen molar-refractivity contribution in [3.8, 4) is 5.75 Å². The Labute approximate surface area is 691 Å². The fourth-order valence-corrected chi connectivity index (χ4v) is 13.1. The molecule has 6 rings (SSSR count). The first-order chi connectivity index (χ1) is 56.4. The number of aliphatic hydroxyl groups excluding tert-OH is 1. The Balaban J connectivity index is 1.08. The van der Waals surface area contributed by atoms with E-state index in [1.165, 1.54) is 35.4 Å². The number of carbonyl (C=O) groups excluding carboxylic acids is 14. The normalized spacial score (nSPS) is 15.2. The van der Waals surface area contributed by atoms with Crippen molar-refractivity contribution in [1.82, 2.24) is 84.0 Å². The summed E-state index contributed by atoms with van der Waals surface area (Å²) in [6.45, 7) is 3.04. The molecule has 5 aromatic rings. The number of H-pyrrole nitrogens is 2. The zero-order valence-corrected chi connectivity index (χ0v) is 67.1. The van der Waals surface area contributed by atoms with Gasteiger partial charge in [-0.25, -0.2) is 4.79 Å². The summed E-state index contributed by atoms with van der Waals surface area (Å²) in [5, 5.41) is 90.8. The van der Waals surface area contributed by atoms with E-state index in [0.29, 0.717) is 34.0 Å². The van der Waals surface area contributed by atoms with Gasteiger partial charge in [-0.3, -0.25) is 81.5 Å². The summed E-state index contributed by atoms with van der Waals surface area (Å²) in [5.41, 5.74) is 8.74. The molecule has 23 N–H and O–H groups in total. The Morgan fingerprint density at radius 3 is 1.39 bits per heavy atom. The predicted octanol–water partition coefficient (Wildman–Crippen LogP) is -4.26. The van der Waals surface area contributed by atoms with Gasteiger partial charge in [-0.2, -0.15) is 25.3 Å². The average Bonchev–Trinajstić information content (AvgIpc) is 1.71. The van der Waals surface area contributed by atoms with Gasteiger partial charge in [0.1, 0.15) is 72.2 Å². The maximum absolute atomic E-state index is 14.6. The van der Waals surface area contributed by atoms with Crippen molar-refractivity contribution in [2.45, 2.75) is 171 Å². The number of aromatic nitrogens is 2. The van der Waals surface area contributed by atoms with Crippen LogP contribution in [0.25, 0.3) is 21.8 Å². The smallest absolute Gasteiger partial charge is 0.326 e. The Morgan fingerprint density at radius 1 is 0.471 bits per heavy atom. The fraction of sp³-hybridized carbons (Fsp3) is 0.474. The number of benzene rings is 3. The van der Waals surface area contributed by atoms with Crippen molar-refractivity contribution in [3.63, 3.8) is 0 Å². The van der Waals surface area contributed by atoms with Crippen LogP contribution in [-0.2, 0) is 106 Å². The summed E-state index contributed by atoms with van der Waals surface area (Å²) in [7, 11) is 0. The lowest BCUT2D eigenvalue weighted by Gasteiger charge is -2.30. The van der Waals surface area contributed by atoms with Gasteiger partial charge >= 0.3 is 23.9 Å². The van der Waals surface area contributed by atoms with Gasteiger partial charge in [0.05, 0.1) is 38.7 Å². The van der Waals surface area contributed by atoms with Gasteiger partial charge in [-0.05, 0) is 84.9 Å². The second-order valence-corrected chi connectivity index (χ2v) is 29.6. The van der Waals surface area contributed by atoms with E-state index in [1.807, 2.05) is 0 Å². The minimum atomic E-state index is -2.10. The molecule has 41 nitrogen and oxygen atoms in total. The van der Waals surface area contributed by atoms with E-state index >= 15 is 0 Å². The van der Waals surface area contributed by atoms with Crippen LogP contribution >= 0.6 is 25.3 Å². The van der Waals surface area contributed by atoms with E-state index in [0.717, 1.165) is 10.9 Å². The molecule has 1 fully saturated rings. The molecule has 1 aliphatic heterocycles. The number of para-hydroxylation sites is 2. The first-order valence-corrected chi connectivity index (χ1v) is 39.2. The molecule has 0 aliphatic carbocycles. The molecule has 0 saturated carbocycles. The Bertz CT molecular complexity index is 4500. The number of phenolic OH excluding ortho intramolecular Hbond substituents is 1. The third kappa shape index (κ3) is 29.9. The third-order valence-electron chi connectivity index (χ3n) is 19.0. The predicted molar refractivity (Wildman–Crippen MR) is 430 cm³/mol. The van der Waals surface area contributed by atoms with Crippen LogP contribution in [0.3, 0.4) is 0 Å². The highest BCUT2D eigenvalue weighted by molar-refractivity contribution is 7.80. The molecule has 0 bridgehead atoms. The molecule has 43 heteroatoms. The molecule has 0 radical (unpaired) electrons. The van der Waals surface area contributed by atoms with Crippen LogP contribution in [0.4, 0.5) is 0 Å². The quantitative estimate of drug-likeness (QED) is 0.0164. The summed E-state index contributed by atoms with van der Waals surface area (Å²) < 4.78 is 0. The van der Waals surface area contributed by atoms with Gasteiger partial charge in [-0.15, -0.1) is 0 Å². The second-order valence-electron chi connectivity index (χ2n) is 28.9. The summed E-state index contributed by atoms with van der Waals surface area (Å²) in [4.78, 5) is 249. The van der Waals surface area contributed by atoms with E-state index in [9.17, 15) is 117 Å². The van der Waals surface area contributed by atoms with Gasteiger partial charge in [-0.1, -0.05) is 76.2 Å². The van der Waals surface area contributed by atoms with Gasteiger partial charge in [0.15, 0.2) is 0 Å². The molecule has 1 saturated heterocycles. The number of nitrogens with two attached hydrogens (primary N) is 1. The Hall–Kier alpha value is -12.4. The maximum Gasteiger partial charge on any atom is 0.326 e. The minimum Gasteiger partial charge on any atom is -0.508 e. The van der Waals surface area contributed by atoms with Crippen molar-refractivity contribution < 1.29 is 117 Å². The van der Waals surface area contributed by atoms with E-state index in [-0.39, 0.29) is 62.0 Å². The number of carbonyl (C=O) groups is 18. The van der Waals surface area contributed by atoms with E-state index in [4.69, 9.17) is 5.73 Å². The summed E-state index contributed by atoms with van der Waals surface area (Å²) >= 11 is 8.43. The van der Waals surface area contributed by atoms with Gasteiger partial charge < -0.3 is 120 Å². The van der Waals surface area contributed by atoms with Gasteiger partial charge in [0, 0.05) is 84.4 Å². The van der Waals surface area contributed by atoms with Crippen molar-refractivity contribution in [1.29, 1.82) is 0 Å². The monoisotopic (exact) mass is 1700 g/mol. The molecule has 646 valence electrons. The van der Waals surface area contributed by atoms with Crippen LogP contribution in [-0.4, -0.2) is 269 Å². The number of carboxylic acid groups (broad SMARTS) is 4. The number of amides is 14. The number of thiol groups is 2. The molecule has 0 unspecified atom stereocenters. The number of hydrogen-bond donors (Lipinski definition) is 24. The van der Waals surface area contributed by atoms with E-state index in [2.05, 4.69) is 104 Å². The van der Waals surface area contributed by atoms with Crippen LogP contribution in [0.5, 0.6) is 5.75 Å². The largest absolute Gasteiger partial charge is 0.508 e. The molecule has 2 aromatic heterocycles. The molecular weight excluding hydrogens is 1600 g/mol. The van der Waals surface area contributed by atoms with Crippen LogP contribution in [0, 0.1) is 11.8 Å². The zero-order valence-electron chi connectivity index (χ0n) is 65.3. The van der Waals surface area contributed by atoms with Crippen LogP contribution in [0.15, 0.2) is 85.2 Å². The van der Waals surface area contributed by atoms with Crippen molar-refractivity contribution in [3.05, 3.63) is 102 Å². The Morgan fingerprint density at radius 2 is 0.899 bits per heavy atom. The lowest BCUT2D eigenvalue weighted by molar-refractivity contribution is -0.143. The number of carboxylic acids is 4. The molecular formula is C76H101N17O24S2. The number of aliphatic hydroxyl groups is 1. The average molecular weight is 1700 g/mol. The van der Waals surface area contributed by atoms with Crippen molar-refractivity contribution in [2.24, 2.45) is 17.6 Å². The molecule has 119 heavy (non-hydrogen) atoms. The van der Waals surface area contributed by atoms with Gasteiger partial charge in [0.25, 0.3) is 0 Å². The Kier molecular flexibility index (Phi) is 37.3. The maximum atomic E-state index is 14.6. The summed E-state index contributed by atoms with van der Waals surface area (Å²) in [5.74, 6) is -22.0. The van der Waals surface area contributed by atoms with Crippen LogP contribution in [0.1, 0.15) is 95.8 Å². The standard InChI is InChI=1S/C76H101N17O24S2/c1-37(2)24-53(76(116)117)89-70(110)54(34-94)90-68(108)50(26-40-29-78-45-12-7-5-10-43(40)45)86-71(111)55(35-118)91-69(109)51(28-63(103)104)87-67(107)48(20-22-62(101)102)83-59(97)32-80-58(96)31-81-65(105)49(25-39-15-17-42(95)18-16-39)85-66(106)47(19-21-61(99)100)84-60(98)33-82-73(113)57-14-9-23-93(57)75(115)52(27-41-30-79-46-13-8-6-11-44(41)46)88-72(112)56(36-119)92-74(114)64(77)38(3)4/h5-8,10-13,15-18,29-30,37-38,47-57,64,78-79,94-95,118-119H,9,14,19-28,31-36,77H2,1-4H3,(H,80,96)(H,81,105)(H,82,113)(H,83,97)(H,84,98)(H,85,106)(H,86,111)(H,87,107)(H,88,112)(H,89,110)(H,90,108)(H,91,109)(H,92,114)(H,99,100)(H,101,102)(H,103,104)(H,116,117)/t47-,48-,49-,50-,51-,52-,53-,54-,55-,56-,57-,64-/m0/s1. The topological polar surface area (TPSA) is 646 Å². The van der Waals surface area contributed by atoms with E-state index < -0.39 is 243 Å². The molecule has 14 amide bonds. The summed E-state index contributed by atoms with van der Waals surface area (Å²) in [6, 6.07) is 0.549. The number of phenols is 1. The highest BCUT2D eigenvalue weighted by Crippen LogP contribution is 2.25. The lowest BCUT2D eigenvalue weighted by atomic mass is 10.0. The number of aliphatic carboxylic acids is 4.